The van der Waals surface area contributed by atoms with Crippen LogP contribution in [0.3, 0.4) is 0 Å². The minimum Gasteiger partial charge on any atom is -0.462 e. The van der Waals surface area contributed by atoms with Gasteiger partial charge in [0, 0.05) is 12.8 Å². The Labute approximate surface area is 338 Å². The maximum Gasteiger partial charge on any atom is 0.306 e. The Morgan fingerprint density at radius 1 is 0.571 bits per heavy atom. The van der Waals surface area contributed by atoms with Crippen molar-refractivity contribution in [1.29, 1.82) is 0 Å². The molecule has 1 aliphatic rings. The molecule has 0 radical (unpaired) electrons. The molecule has 0 aromatic rings. The predicted molar refractivity (Wildman–Crippen MR) is 224 cm³/mol. The highest BCUT2D eigenvalue weighted by molar-refractivity contribution is 5.70. The minimum absolute atomic E-state index is 0.103. The number of ether oxygens (including phenoxy) is 4. The summed E-state index contributed by atoms with van der Waals surface area (Å²) in [6.07, 6.45) is 37.8. The van der Waals surface area contributed by atoms with Crippen molar-refractivity contribution in [3.63, 3.8) is 0 Å². The number of carbonyl (C=O) groups is 2. The average Bonchev–Trinajstić information content (AvgIpc) is 3.19. The SMILES string of the molecule is CC/C=C\C/C=C\C/C=C\C/C=C\C/C=C\C/C=C\CCC(=O)OC(COC(=O)CCCCCCCCCCCCCC)COC1OC(CO)C(O)C(O)C1O. The zero-order chi connectivity index (χ0) is 40.9. The lowest BCUT2D eigenvalue weighted by atomic mass is 9.99. The Kier molecular flexibility index (Phi) is 33.3. The molecule has 1 fully saturated rings. The zero-order valence-corrected chi connectivity index (χ0v) is 34.6. The first kappa shape index (κ1) is 51.2. The van der Waals surface area contributed by atoms with Crippen LogP contribution >= 0.6 is 0 Å². The Morgan fingerprint density at radius 2 is 1.05 bits per heavy atom. The van der Waals surface area contributed by atoms with E-state index in [4.69, 9.17) is 18.9 Å². The first-order valence-corrected chi connectivity index (χ1v) is 21.5. The maximum atomic E-state index is 12.7. The van der Waals surface area contributed by atoms with E-state index in [2.05, 4.69) is 74.6 Å². The van der Waals surface area contributed by atoms with Gasteiger partial charge in [-0.2, -0.15) is 0 Å². The van der Waals surface area contributed by atoms with E-state index in [1.165, 1.54) is 51.4 Å². The molecular formula is C46H76O10. The van der Waals surface area contributed by atoms with Gasteiger partial charge >= 0.3 is 11.9 Å². The van der Waals surface area contributed by atoms with E-state index in [1.54, 1.807) is 0 Å². The number of hydrogen-bond acceptors (Lipinski definition) is 10. The van der Waals surface area contributed by atoms with Crippen molar-refractivity contribution in [3.05, 3.63) is 72.9 Å². The summed E-state index contributed by atoms with van der Waals surface area (Å²) in [5.74, 6) is -0.909. The van der Waals surface area contributed by atoms with Gasteiger partial charge in [0.15, 0.2) is 12.4 Å². The molecule has 1 heterocycles. The van der Waals surface area contributed by atoms with Crippen LogP contribution in [-0.4, -0.2) is 89.0 Å². The molecule has 0 spiro atoms. The minimum atomic E-state index is -1.61. The lowest BCUT2D eigenvalue weighted by Gasteiger charge is -2.39. The number of hydrogen-bond donors (Lipinski definition) is 4. The van der Waals surface area contributed by atoms with Crippen LogP contribution in [0.4, 0.5) is 0 Å². The second-order valence-electron chi connectivity index (χ2n) is 14.4. The van der Waals surface area contributed by atoms with Crippen molar-refractivity contribution in [3.8, 4) is 0 Å². The van der Waals surface area contributed by atoms with Crippen LogP contribution in [0.15, 0.2) is 72.9 Å². The van der Waals surface area contributed by atoms with E-state index >= 15 is 0 Å². The van der Waals surface area contributed by atoms with Crippen LogP contribution in [0.2, 0.25) is 0 Å². The summed E-state index contributed by atoms with van der Waals surface area (Å²) < 4.78 is 22.0. The van der Waals surface area contributed by atoms with Gasteiger partial charge in [0.25, 0.3) is 0 Å². The fourth-order valence-corrected chi connectivity index (χ4v) is 5.98. The standard InChI is InChI=1S/C46H76O10/c1-3-5-7-9-11-13-15-17-18-19-20-21-22-23-25-27-29-31-33-35-42(49)55-39(38-54-46-45(52)44(51)43(50)40(36-47)56-46)37-53-41(48)34-32-30-28-26-24-16-14-12-10-8-6-4-2/h5,7,11,13,17-18,20-21,23,25,29,31,39-40,43-47,50-52H,3-4,6,8-10,12,14-16,19,22,24,26-28,30,32-38H2,1-2H3/b7-5-,13-11-,18-17-,21-20-,25-23-,31-29-. The van der Waals surface area contributed by atoms with E-state index in [9.17, 15) is 30.0 Å². The Bertz CT molecular complexity index is 1140. The van der Waals surface area contributed by atoms with E-state index in [1.807, 2.05) is 12.2 Å². The van der Waals surface area contributed by atoms with Gasteiger partial charge in [0.1, 0.15) is 31.0 Å². The molecule has 0 aliphatic carbocycles. The van der Waals surface area contributed by atoms with Crippen molar-refractivity contribution in [2.24, 2.45) is 0 Å². The second kappa shape index (κ2) is 36.5. The maximum absolute atomic E-state index is 12.7. The molecule has 320 valence electrons. The Balaban J connectivity index is 2.42. The van der Waals surface area contributed by atoms with Crippen molar-refractivity contribution < 1.29 is 49.0 Å². The number of aliphatic hydroxyl groups excluding tert-OH is 4. The second-order valence-corrected chi connectivity index (χ2v) is 14.4. The largest absolute Gasteiger partial charge is 0.462 e. The fourth-order valence-electron chi connectivity index (χ4n) is 5.98. The number of aliphatic hydroxyl groups is 4. The van der Waals surface area contributed by atoms with Crippen LogP contribution in [0.5, 0.6) is 0 Å². The van der Waals surface area contributed by atoms with Crippen molar-refractivity contribution in [2.75, 3.05) is 19.8 Å². The smallest absolute Gasteiger partial charge is 0.306 e. The molecule has 4 N–H and O–H groups in total. The number of allylic oxidation sites excluding steroid dienone is 12. The topological polar surface area (TPSA) is 152 Å². The summed E-state index contributed by atoms with van der Waals surface area (Å²) in [4.78, 5) is 25.2. The number of esters is 2. The molecule has 6 unspecified atom stereocenters. The molecule has 1 aliphatic heterocycles. The quantitative estimate of drug-likeness (QED) is 0.0283. The van der Waals surface area contributed by atoms with Crippen LogP contribution in [0.25, 0.3) is 0 Å². The lowest BCUT2D eigenvalue weighted by Crippen LogP contribution is -2.59. The molecule has 0 bridgehead atoms. The molecule has 56 heavy (non-hydrogen) atoms. The summed E-state index contributed by atoms with van der Waals surface area (Å²) in [7, 11) is 0. The molecule has 10 nitrogen and oxygen atoms in total. The first-order chi connectivity index (χ1) is 27.3. The molecule has 0 aromatic heterocycles. The molecule has 0 amide bonds. The summed E-state index contributed by atoms with van der Waals surface area (Å²) in [5, 5.41) is 40.0. The van der Waals surface area contributed by atoms with Crippen molar-refractivity contribution >= 4 is 11.9 Å². The number of rotatable bonds is 34. The summed E-state index contributed by atoms with van der Waals surface area (Å²) >= 11 is 0. The highest BCUT2D eigenvalue weighted by atomic mass is 16.7. The number of carbonyl (C=O) groups excluding carboxylic acids is 2. The van der Waals surface area contributed by atoms with Crippen LogP contribution in [-0.2, 0) is 28.5 Å². The average molecular weight is 789 g/mol. The summed E-state index contributed by atoms with van der Waals surface area (Å²) in [5.41, 5.74) is 0. The highest BCUT2D eigenvalue weighted by Gasteiger charge is 2.44. The number of unbranched alkanes of at least 4 members (excludes halogenated alkanes) is 11. The third kappa shape index (κ3) is 27.7. The van der Waals surface area contributed by atoms with E-state index in [-0.39, 0.29) is 26.1 Å². The zero-order valence-electron chi connectivity index (χ0n) is 34.6. The van der Waals surface area contributed by atoms with Gasteiger partial charge in [0.05, 0.1) is 13.2 Å². The van der Waals surface area contributed by atoms with Gasteiger partial charge in [-0.3, -0.25) is 9.59 Å². The van der Waals surface area contributed by atoms with Gasteiger partial charge in [0.2, 0.25) is 0 Å². The first-order valence-electron chi connectivity index (χ1n) is 21.5. The highest BCUT2D eigenvalue weighted by Crippen LogP contribution is 2.22. The fraction of sp³-hybridized carbons (Fsp3) is 0.696. The Morgan fingerprint density at radius 3 is 1.55 bits per heavy atom. The molecular weight excluding hydrogens is 712 g/mol. The molecule has 0 aromatic carbocycles. The van der Waals surface area contributed by atoms with E-state index in [0.717, 1.165) is 57.8 Å². The van der Waals surface area contributed by atoms with E-state index < -0.39 is 55.4 Å². The lowest BCUT2D eigenvalue weighted by molar-refractivity contribution is -0.305. The van der Waals surface area contributed by atoms with E-state index in [0.29, 0.717) is 12.8 Å². The molecule has 0 saturated carbocycles. The van der Waals surface area contributed by atoms with Gasteiger partial charge in [-0.15, -0.1) is 0 Å². The predicted octanol–water partition coefficient (Wildman–Crippen LogP) is 8.83. The molecule has 1 rings (SSSR count). The van der Waals surface area contributed by atoms with Crippen molar-refractivity contribution in [2.45, 2.75) is 185 Å². The monoisotopic (exact) mass is 789 g/mol. The van der Waals surface area contributed by atoms with Crippen LogP contribution in [0.1, 0.15) is 149 Å². The third-order valence-corrected chi connectivity index (χ3v) is 9.37. The third-order valence-electron chi connectivity index (χ3n) is 9.37. The molecule has 1 saturated heterocycles. The van der Waals surface area contributed by atoms with Gasteiger partial charge in [-0.1, -0.05) is 157 Å². The normalized spacial score (nSPS) is 21.1. The van der Waals surface area contributed by atoms with Gasteiger partial charge in [-0.05, 0) is 51.4 Å². The summed E-state index contributed by atoms with van der Waals surface area (Å²) in [6, 6.07) is 0. The van der Waals surface area contributed by atoms with Crippen LogP contribution in [0, 0.1) is 0 Å². The van der Waals surface area contributed by atoms with Gasteiger partial charge in [-0.25, -0.2) is 0 Å². The van der Waals surface area contributed by atoms with Crippen LogP contribution < -0.4 is 0 Å². The molecule has 6 atom stereocenters. The summed E-state index contributed by atoms with van der Waals surface area (Å²) in [6.45, 7) is 3.21. The van der Waals surface area contributed by atoms with Gasteiger partial charge < -0.3 is 39.4 Å². The Hall–Kier alpha value is -2.86. The molecule has 10 heteroatoms. The van der Waals surface area contributed by atoms with Crippen molar-refractivity contribution in [1.82, 2.24) is 0 Å².